The van der Waals surface area contributed by atoms with E-state index in [0.29, 0.717) is 12.8 Å². The predicted molar refractivity (Wildman–Crippen MR) is 70.7 cm³/mol. The van der Waals surface area contributed by atoms with Gasteiger partial charge in [0.15, 0.2) is 4.90 Å². The lowest BCUT2D eigenvalue weighted by molar-refractivity contribution is 0.227. The van der Waals surface area contributed by atoms with E-state index in [2.05, 4.69) is 4.98 Å². The van der Waals surface area contributed by atoms with Crippen LogP contribution in [0.1, 0.15) is 25.7 Å². The fraction of sp³-hybridized carbons (Fsp3) is 0.636. The normalized spacial score (nSPS) is 30.6. The van der Waals surface area contributed by atoms with Crippen LogP contribution in [0.5, 0.6) is 0 Å². The minimum absolute atomic E-state index is 0.00724. The maximum Gasteiger partial charge on any atom is 0.325 e. The predicted octanol–water partition coefficient (Wildman–Crippen LogP) is -1.29. The number of hydrogen-bond donors (Lipinski definition) is 3. The molecule has 0 aliphatic carbocycles. The summed E-state index contributed by atoms with van der Waals surface area (Å²) < 4.78 is 26.7. The van der Waals surface area contributed by atoms with Crippen molar-refractivity contribution >= 4 is 10.0 Å². The first-order valence-corrected chi connectivity index (χ1v) is 7.94. The molecule has 1 aromatic heterocycles. The van der Waals surface area contributed by atoms with Gasteiger partial charge in [-0.3, -0.25) is 9.78 Å². The first kappa shape index (κ1) is 13.5. The topological polar surface area (TPSA) is 129 Å². The summed E-state index contributed by atoms with van der Waals surface area (Å²) in [6.45, 7) is 0. The van der Waals surface area contributed by atoms with Gasteiger partial charge in [-0.05, 0) is 25.7 Å². The van der Waals surface area contributed by atoms with E-state index in [1.807, 2.05) is 4.98 Å². The fourth-order valence-corrected chi connectivity index (χ4v) is 5.16. The lowest BCUT2D eigenvalue weighted by Crippen LogP contribution is -2.51. The van der Waals surface area contributed by atoms with Gasteiger partial charge in [-0.2, -0.15) is 4.31 Å². The molecule has 2 atom stereocenters. The molecule has 2 fully saturated rings. The summed E-state index contributed by atoms with van der Waals surface area (Å²) in [7, 11) is -3.90. The zero-order chi connectivity index (χ0) is 14.5. The van der Waals surface area contributed by atoms with Gasteiger partial charge in [0.25, 0.3) is 15.6 Å². The molecule has 2 bridgehead atoms. The summed E-state index contributed by atoms with van der Waals surface area (Å²) in [6, 6.07) is -0.298. The van der Waals surface area contributed by atoms with Crippen LogP contribution in [-0.4, -0.2) is 40.8 Å². The van der Waals surface area contributed by atoms with Crippen molar-refractivity contribution in [2.24, 2.45) is 5.73 Å². The Hall–Kier alpha value is -1.45. The first-order valence-electron chi connectivity index (χ1n) is 6.50. The lowest BCUT2D eigenvalue weighted by Gasteiger charge is -2.36. The molecule has 20 heavy (non-hydrogen) atoms. The molecular formula is C11H16N4O4S. The number of nitrogens with zero attached hydrogens (tertiary/aromatic N) is 1. The third-order valence-corrected chi connectivity index (χ3v) is 6.05. The maximum atomic E-state index is 12.6. The van der Waals surface area contributed by atoms with E-state index in [1.165, 1.54) is 4.31 Å². The van der Waals surface area contributed by atoms with Crippen LogP contribution in [0.2, 0.25) is 0 Å². The van der Waals surface area contributed by atoms with E-state index in [9.17, 15) is 18.0 Å². The van der Waals surface area contributed by atoms with Crippen LogP contribution in [0.15, 0.2) is 20.7 Å². The fourth-order valence-electron chi connectivity index (χ4n) is 3.27. The Labute approximate surface area is 115 Å². The second-order valence-corrected chi connectivity index (χ2v) is 7.20. The van der Waals surface area contributed by atoms with Crippen molar-refractivity contribution in [3.8, 4) is 0 Å². The number of piperidine rings is 1. The van der Waals surface area contributed by atoms with Gasteiger partial charge in [0.2, 0.25) is 0 Å². The molecule has 2 aliphatic rings. The number of nitrogens with one attached hydrogen (secondary N) is 2. The molecule has 3 heterocycles. The smallest absolute Gasteiger partial charge is 0.325 e. The van der Waals surface area contributed by atoms with Crippen LogP contribution in [-0.2, 0) is 10.0 Å². The number of rotatable bonds is 2. The molecule has 2 saturated heterocycles. The minimum Gasteiger partial charge on any atom is -0.328 e. The van der Waals surface area contributed by atoms with Crippen LogP contribution in [0, 0.1) is 0 Å². The van der Waals surface area contributed by atoms with Gasteiger partial charge >= 0.3 is 5.69 Å². The quantitative estimate of drug-likeness (QED) is 0.625. The Morgan fingerprint density at radius 1 is 1.20 bits per heavy atom. The summed E-state index contributed by atoms with van der Waals surface area (Å²) in [5.41, 5.74) is 4.30. The molecule has 8 nitrogen and oxygen atoms in total. The maximum absolute atomic E-state index is 12.6. The summed E-state index contributed by atoms with van der Waals surface area (Å²) in [4.78, 5) is 26.5. The van der Waals surface area contributed by atoms with Gasteiger partial charge < -0.3 is 10.7 Å². The second-order valence-electron chi connectivity index (χ2n) is 5.39. The van der Waals surface area contributed by atoms with Crippen LogP contribution in [0.4, 0.5) is 0 Å². The van der Waals surface area contributed by atoms with E-state index in [1.54, 1.807) is 0 Å². The number of fused-ring (bicyclic) bond motifs is 2. The molecule has 2 aliphatic heterocycles. The molecule has 9 heteroatoms. The molecule has 1 aromatic rings. The summed E-state index contributed by atoms with van der Waals surface area (Å²) in [5.74, 6) is 0. The number of H-pyrrole nitrogens is 2. The number of aromatic amines is 2. The Bertz CT molecular complexity index is 723. The van der Waals surface area contributed by atoms with Gasteiger partial charge in [0, 0.05) is 24.3 Å². The van der Waals surface area contributed by atoms with Crippen molar-refractivity contribution in [2.45, 2.75) is 48.7 Å². The van der Waals surface area contributed by atoms with Crippen molar-refractivity contribution < 1.29 is 8.42 Å². The summed E-state index contributed by atoms with van der Waals surface area (Å²) >= 11 is 0. The zero-order valence-corrected chi connectivity index (χ0v) is 11.5. The molecule has 0 spiro atoms. The number of hydrogen-bond acceptors (Lipinski definition) is 5. The van der Waals surface area contributed by atoms with E-state index >= 15 is 0 Å². The average molecular weight is 300 g/mol. The zero-order valence-electron chi connectivity index (χ0n) is 10.7. The molecule has 2 unspecified atom stereocenters. The van der Waals surface area contributed by atoms with Gasteiger partial charge in [0.1, 0.15) is 0 Å². The van der Waals surface area contributed by atoms with Gasteiger partial charge in [-0.1, -0.05) is 0 Å². The SMILES string of the molecule is NC1CC2CCC(C1)N2S(=O)(=O)c1c[nH]c(=O)[nH]c1=O. The highest BCUT2D eigenvalue weighted by Gasteiger charge is 2.47. The highest BCUT2D eigenvalue weighted by Crippen LogP contribution is 2.38. The highest BCUT2D eigenvalue weighted by molar-refractivity contribution is 7.89. The van der Waals surface area contributed by atoms with Crippen LogP contribution < -0.4 is 17.0 Å². The van der Waals surface area contributed by atoms with Gasteiger partial charge in [-0.15, -0.1) is 0 Å². The standard InChI is InChI=1S/C11H16N4O4S/c12-6-3-7-1-2-8(4-6)15(7)20(18,19)9-5-13-11(17)14-10(9)16/h5-8H,1-4,12H2,(H2,13,14,16,17). The van der Waals surface area contributed by atoms with Crippen molar-refractivity contribution in [3.63, 3.8) is 0 Å². The molecule has 0 aromatic carbocycles. The number of nitrogens with two attached hydrogens (primary N) is 1. The van der Waals surface area contributed by atoms with Crippen LogP contribution in [0.25, 0.3) is 0 Å². The Morgan fingerprint density at radius 2 is 1.80 bits per heavy atom. The largest absolute Gasteiger partial charge is 0.328 e. The lowest BCUT2D eigenvalue weighted by atomic mass is 10.0. The number of aromatic nitrogens is 2. The third-order valence-electron chi connectivity index (χ3n) is 4.04. The molecule has 110 valence electrons. The third kappa shape index (κ3) is 2.02. The molecule has 0 saturated carbocycles. The van der Waals surface area contributed by atoms with Gasteiger partial charge in [-0.25, -0.2) is 13.2 Å². The number of sulfonamides is 1. The summed E-state index contributed by atoms with van der Waals surface area (Å²) in [6.07, 6.45) is 3.70. The molecule has 3 rings (SSSR count). The second kappa shape index (κ2) is 4.54. The van der Waals surface area contributed by atoms with Crippen molar-refractivity contribution in [3.05, 3.63) is 27.0 Å². The van der Waals surface area contributed by atoms with Crippen molar-refractivity contribution in [2.75, 3.05) is 0 Å². The molecule has 0 amide bonds. The van der Waals surface area contributed by atoms with Crippen LogP contribution in [0.3, 0.4) is 0 Å². The summed E-state index contributed by atoms with van der Waals surface area (Å²) in [5, 5.41) is 0. The van der Waals surface area contributed by atoms with Gasteiger partial charge in [0.05, 0.1) is 0 Å². The van der Waals surface area contributed by atoms with Crippen molar-refractivity contribution in [1.29, 1.82) is 0 Å². The molecule has 4 N–H and O–H groups in total. The highest BCUT2D eigenvalue weighted by atomic mass is 32.2. The minimum atomic E-state index is -3.90. The van der Waals surface area contributed by atoms with Crippen molar-refractivity contribution in [1.82, 2.24) is 14.3 Å². The Balaban J connectivity index is 2.05. The Morgan fingerprint density at radius 3 is 2.35 bits per heavy atom. The van der Waals surface area contributed by atoms with Crippen LogP contribution >= 0.6 is 0 Å². The average Bonchev–Trinajstić information content (AvgIpc) is 2.62. The Kier molecular flexibility index (Phi) is 3.07. The molecule has 0 radical (unpaired) electrons. The van der Waals surface area contributed by atoms with E-state index in [4.69, 9.17) is 5.73 Å². The van der Waals surface area contributed by atoms with E-state index < -0.39 is 26.2 Å². The molecular weight excluding hydrogens is 284 g/mol. The van der Waals surface area contributed by atoms with E-state index in [0.717, 1.165) is 19.0 Å². The first-order chi connectivity index (χ1) is 9.39. The monoisotopic (exact) mass is 300 g/mol. The van der Waals surface area contributed by atoms with E-state index in [-0.39, 0.29) is 18.1 Å².